The third-order valence-corrected chi connectivity index (χ3v) is 11.1. The summed E-state index contributed by atoms with van der Waals surface area (Å²) >= 11 is 0. The number of rotatable bonds is 10. The molecule has 4 fully saturated rings. The maximum absolute atomic E-state index is 14.1. The van der Waals surface area contributed by atoms with Crippen molar-refractivity contribution in [2.75, 3.05) is 17.1 Å². The summed E-state index contributed by atoms with van der Waals surface area (Å²) in [7, 11) is -3.78. The first-order chi connectivity index (χ1) is 20.2. The van der Waals surface area contributed by atoms with Crippen molar-refractivity contribution >= 4 is 27.5 Å². The van der Waals surface area contributed by atoms with Gasteiger partial charge in [-0.15, -0.1) is 0 Å². The summed E-state index contributed by atoms with van der Waals surface area (Å²) in [5.41, 5.74) is 3.45. The fourth-order valence-corrected chi connectivity index (χ4v) is 9.25. The number of sulfonamides is 1. The Kier molecular flexibility index (Phi) is 8.73. The van der Waals surface area contributed by atoms with E-state index in [1.54, 1.807) is 4.90 Å². The van der Waals surface area contributed by atoms with Crippen LogP contribution in [-0.4, -0.2) is 49.5 Å². The molecule has 2 aromatic carbocycles. The van der Waals surface area contributed by atoms with Crippen molar-refractivity contribution in [3.63, 3.8) is 0 Å². The second-order valence-corrected chi connectivity index (χ2v) is 16.5. The topological polar surface area (TPSA) is 86.8 Å². The van der Waals surface area contributed by atoms with Crippen molar-refractivity contribution in [1.82, 2.24) is 10.2 Å². The van der Waals surface area contributed by atoms with E-state index in [1.165, 1.54) is 48.4 Å². The van der Waals surface area contributed by atoms with Crippen molar-refractivity contribution in [3.8, 4) is 0 Å². The molecule has 8 heteroatoms. The predicted octanol–water partition coefficient (Wildman–Crippen LogP) is 5.95. The van der Waals surface area contributed by atoms with Gasteiger partial charge in [-0.1, -0.05) is 43.3 Å². The van der Waals surface area contributed by atoms with Gasteiger partial charge in [0, 0.05) is 12.1 Å². The van der Waals surface area contributed by atoms with Crippen LogP contribution in [0.15, 0.2) is 48.5 Å². The van der Waals surface area contributed by atoms with E-state index >= 15 is 0 Å². The maximum Gasteiger partial charge on any atom is 0.244 e. The summed E-state index contributed by atoms with van der Waals surface area (Å²) in [4.78, 5) is 29.1. The first-order valence-corrected chi connectivity index (χ1v) is 17.8. The molecule has 0 heterocycles. The fourth-order valence-electron chi connectivity index (χ4n) is 8.40. The van der Waals surface area contributed by atoms with Crippen molar-refractivity contribution in [1.29, 1.82) is 0 Å². The number of amides is 2. The SMILES string of the molecule is CCC(C(=O)NC(C)(C)C)N(Cc1ccccc1C)C(=O)CN(c1ccc(C23CC4CC(CC(C4)C2)C3)cc1)S(C)(=O)=O. The van der Waals surface area contributed by atoms with E-state index in [0.29, 0.717) is 12.1 Å². The van der Waals surface area contributed by atoms with Crippen molar-refractivity contribution < 1.29 is 18.0 Å². The van der Waals surface area contributed by atoms with Gasteiger partial charge >= 0.3 is 0 Å². The molecule has 0 aliphatic heterocycles. The van der Waals surface area contributed by atoms with Gasteiger partial charge in [-0.25, -0.2) is 8.42 Å². The molecule has 0 saturated heterocycles. The maximum atomic E-state index is 14.1. The van der Waals surface area contributed by atoms with Crippen LogP contribution >= 0.6 is 0 Å². The molecular formula is C35H49N3O4S. The van der Waals surface area contributed by atoms with E-state index in [9.17, 15) is 18.0 Å². The van der Waals surface area contributed by atoms with Gasteiger partial charge in [0.1, 0.15) is 12.6 Å². The lowest BCUT2D eigenvalue weighted by Gasteiger charge is -2.57. The molecule has 2 amide bonds. The highest BCUT2D eigenvalue weighted by atomic mass is 32.2. The van der Waals surface area contributed by atoms with Crippen LogP contribution in [0.3, 0.4) is 0 Å². The second kappa shape index (κ2) is 11.9. The Morgan fingerprint density at radius 3 is 2.00 bits per heavy atom. The summed E-state index contributed by atoms with van der Waals surface area (Å²) in [5.74, 6) is 1.80. The van der Waals surface area contributed by atoms with E-state index in [2.05, 4.69) is 17.4 Å². The summed E-state index contributed by atoms with van der Waals surface area (Å²) in [5, 5.41) is 3.02. The van der Waals surface area contributed by atoms with Crippen LogP contribution in [-0.2, 0) is 31.6 Å². The standard InChI is InChI=1S/C35H49N3O4S/c1-7-31(33(40)36-34(3,4)5)37(22-28-11-9-8-10-24(28)2)32(39)23-38(43(6,41)42)30-14-12-29(13-15-30)35-19-25-16-26(20-35)18-27(17-25)21-35/h8-15,25-27,31H,7,16-23H2,1-6H3,(H,36,40). The Morgan fingerprint density at radius 1 is 0.953 bits per heavy atom. The minimum Gasteiger partial charge on any atom is -0.350 e. The number of carbonyl (C=O) groups is 2. The lowest BCUT2D eigenvalue weighted by molar-refractivity contribution is -0.141. The van der Waals surface area contributed by atoms with Crippen molar-refractivity contribution in [3.05, 3.63) is 65.2 Å². The molecule has 6 rings (SSSR count). The van der Waals surface area contributed by atoms with Crippen LogP contribution in [0.1, 0.15) is 89.3 Å². The van der Waals surface area contributed by atoms with Crippen LogP contribution in [0.2, 0.25) is 0 Å². The van der Waals surface area contributed by atoms with Gasteiger partial charge < -0.3 is 10.2 Å². The van der Waals surface area contributed by atoms with Gasteiger partial charge in [0.25, 0.3) is 0 Å². The number of benzene rings is 2. The number of nitrogens with one attached hydrogen (secondary N) is 1. The number of anilines is 1. The molecule has 4 aliphatic carbocycles. The average molecular weight is 608 g/mol. The number of hydrogen-bond donors (Lipinski definition) is 1. The Labute approximate surface area is 258 Å². The molecule has 43 heavy (non-hydrogen) atoms. The molecule has 1 unspecified atom stereocenters. The highest BCUT2D eigenvalue weighted by molar-refractivity contribution is 7.92. The molecule has 1 atom stereocenters. The summed E-state index contributed by atoms with van der Waals surface area (Å²) in [6.45, 7) is 9.41. The molecule has 0 spiro atoms. The van der Waals surface area contributed by atoms with Crippen molar-refractivity contribution in [2.45, 2.75) is 103 Å². The molecule has 4 saturated carbocycles. The molecule has 2 aromatic rings. The minimum atomic E-state index is -3.78. The van der Waals surface area contributed by atoms with E-state index < -0.39 is 27.5 Å². The monoisotopic (exact) mass is 607 g/mol. The third kappa shape index (κ3) is 6.95. The highest BCUT2D eigenvalue weighted by Crippen LogP contribution is 2.60. The molecule has 1 N–H and O–H groups in total. The van der Waals surface area contributed by atoms with Crippen LogP contribution in [0, 0.1) is 24.7 Å². The zero-order valence-electron chi connectivity index (χ0n) is 26.7. The number of carbonyl (C=O) groups excluding carboxylic acids is 2. The smallest absolute Gasteiger partial charge is 0.244 e. The Morgan fingerprint density at radius 2 is 1.51 bits per heavy atom. The minimum absolute atomic E-state index is 0.206. The number of nitrogens with zero attached hydrogens (tertiary/aromatic N) is 2. The lowest BCUT2D eigenvalue weighted by Crippen LogP contribution is -2.55. The quantitative estimate of drug-likeness (QED) is 0.362. The van der Waals surface area contributed by atoms with Gasteiger partial charge in [-0.05, 0) is 125 Å². The molecule has 0 radical (unpaired) electrons. The van der Waals surface area contributed by atoms with Crippen molar-refractivity contribution in [2.24, 2.45) is 17.8 Å². The van der Waals surface area contributed by atoms with Gasteiger partial charge in [-0.3, -0.25) is 13.9 Å². The van der Waals surface area contributed by atoms with Gasteiger partial charge in [0.2, 0.25) is 21.8 Å². The van der Waals surface area contributed by atoms with Crippen LogP contribution in [0.4, 0.5) is 5.69 Å². The normalized spacial score (nSPS) is 25.3. The van der Waals surface area contributed by atoms with E-state index in [0.717, 1.165) is 35.1 Å². The Balaban J connectivity index is 1.42. The average Bonchev–Trinajstić information content (AvgIpc) is 2.90. The number of aryl methyl sites for hydroxylation is 1. The molecule has 7 nitrogen and oxygen atoms in total. The first-order valence-electron chi connectivity index (χ1n) is 15.9. The zero-order chi connectivity index (χ0) is 31.2. The largest absolute Gasteiger partial charge is 0.350 e. The molecule has 4 aliphatic rings. The summed E-state index contributed by atoms with van der Waals surface area (Å²) < 4.78 is 27.5. The lowest BCUT2D eigenvalue weighted by atomic mass is 9.48. The van der Waals surface area contributed by atoms with E-state index in [4.69, 9.17) is 0 Å². The van der Waals surface area contributed by atoms with E-state index in [1.807, 2.05) is 71.0 Å². The third-order valence-electron chi connectivity index (χ3n) is 9.97. The summed E-state index contributed by atoms with van der Waals surface area (Å²) in [6, 6.07) is 15.0. The Hall–Kier alpha value is -2.87. The molecular weight excluding hydrogens is 558 g/mol. The van der Waals surface area contributed by atoms with Gasteiger partial charge in [0.05, 0.1) is 11.9 Å². The van der Waals surface area contributed by atoms with Gasteiger partial charge in [-0.2, -0.15) is 0 Å². The fraction of sp³-hybridized carbons (Fsp3) is 0.600. The zero-order valence-corrected chi connectivity index (χ0v) is 27.5. The van der Waals surface area contributed by atoms with E-state index in [-0.39, 0.29) is 24.4 Å². The molecule has 234 valence electrons. The van der Waals surface area contributed by atoms with Crippen LogP contribution in [0.25, 0.3) is 0 Å². The molecule has 4 bridgehead atoms. The summed E-state index contributed by atoms with van der Waals surface area (Å²) in [6.07, 6.45) is 9.34. The van der Waals surface area contributed by atoms with Gasteiger partial charge in [0.15, 0.2) is 0 Å². The Bertz CT molecular complexity index is 1410. The predicted molar refractivity (Wildman–Crippen MR) is 172 cm³/mol. The second-order valence-electron chi connectivity index (χ2n) is 14.6. The number of hydrogen-bond acceptors (Lipinski definition) is 4. The molecule has 0 aromatic heterocycles. The van der Waals surface area contributed by atoms with Crippen LogP contribution < -0.4 is 9.62 Å². The van der Waals surface area contributed by atoms with Crippen LogP contribution in [0.5, 0.6) is 0 Å². The first kappa shape index (κ1) is 31.6. The highest BCUT2D eigenvalue weighted by Gasteiger charge is 2.51.